The number of esters is 1. The van der Waals surface area contributed by atoms with E-state index in [0.29, 0.717) is 29.0 Å². The molecule has 0 unspecified atom stereocenters. The normalized spacial score (nSPS) is 27.4. The highest BCUT2D eigenvalue weighted by molar-refractivity contribution is 7.92. The number of ketones is 1. The van der Waals surface area contributed by atoms with Gasteiger partial charge in [-0.05, 0) is 112 Å². The number of hydrogen-bond acceptors (Lipinski definition) is 5. The summed E-state index contributed by atoms with van der Waals surface area (Å²) < 4.78 is 33.5. The summed E-state index contributed by atoms with van der Waals surface area (Å²) in [5, 5.41) is 0. The van der Waals surface area contributed by atoms with E-state index in [1.165, 1.54) is 43.5 Å². The summed E-state index contributed by atoms with van der Waals surface area (Å²) in [5.74, 6) is 1.47. The second-order valence-corrected chi connectivity index (χ2v) is 12.3. The van der Waals surface area contributed by atoms with Crippen LogP contribution in [0.1, 0.15) is 60.0 Å². The summed E-state index contributed by atoms with van der Waals surface area (Å²) in [4.78, 5) is 25.9. The molecule has 6 rings (SSSR count). The van der Waals surface area contributed by atoms with Crippen molar-refractivity contribution < 1.29 is 22.7 Å². The molecule has 0 saturated heterocycles. The van der Waals surface area contributed by atoms with Crippen molar-refractivity contribution >= 4 is 27.5 Å². The van der Waals surface area contributed by atoms with Crippen molar-refractivity contribution in [2.75, 3.05) is 11.3 Å². The lowest BCUT2D eigenvalue weighted by Gasteiger charge is -2.55. The standard InChI is InChI=1S/C27H31NO5S/c1-17-3-4-18(2)24(9-17)34(31,32)28-23-7-5-22(6-8-23)26(30)33-16-25(29)27-13-19-10-20(14-27)12-21(11-19)15-27/h3-9,19-21,28H,10-16H2,1-2H3. The first-order chi connectivity index (χ1) is 16.1. The Morgan fingerprint density at radius 1 is 0.941 bits per heavy atom. The molecule has 0 atom stereocenters. The van der Waals surface area contributed by atoms with Crippen LogP contribution in [0.25, 0.3) is 0 Å². The average molecular weight is 482 g/mol. The van der Waals surface area contributed by atoms with E-state index >= 15 is 0 Å². The summed E-state index contributed by atoms with van der Waals surface area (Å²) in [7, 11) is -3.75. The molecule has 0 amide bonds. The van der Waals surface area contributed by atoms with Gasteiger partial charge in [0.2, 0.25) is 0 Å². The van der Waals surface area contributed by atoms with Gasteiger partial charge >= 0.3 is 5.97 Å². The number of carbonyl (C=O) groups is 2. The number of sulfonamides is 1. The molecule has 0 spiro atoms. The molecule has 180 valence electrons. The zero-order valence-corrected chi connectivity index (χ0v) is 20.5. The van der Waals surface area contributed by atoms with Crippen LogP contribution in [0.3, 0.4) is 0 Å². The average Bonchev–Trinajstić information content (AvgIpc) is 2.78. The predicted octanol–water partition coefficient (Wildman–Crippen LogP) is 5.05. The SMILES string of the molecule is Cc1ccc(C)c(S(=O)(=O)Nc2ccc(C(=O)OCC(=O)C34CC5CC(CC(C5)C3)C4)cc2)c1. The fourth-order valence-corrected chi connectivity index (χ4v) is 8.09. The van der Waals surface area contributed by atoms with Crippen LogP contribution < -0.4 is 4.72 Å². The van der Waals surface area contributed by atoms with E-state index in [-0.39, 0.29) is 28.3 Å². The van der Waals surface area contributed by atoms with Crippen LogP contribution in [0.4, 0.5) is 5.69 Å². The number of rotatable bonds is 7. The lowest BCUT2D eigenvalue weighted by atomic mass is 9.48. The topological polar surface area (TPSA) is 89.5 Å². The van der Waals surface area contributed by atoms with E-state index in [1.807, 2.05) is 13.0 Å². The number of benzene rings is 2. The molecule has 4 fully saturated rings. The fraction of sp³-hybridized carbons (Fsp3) is 0.481. The van der Waals surface area contributed by atoms with Crippen LogP contribution in [0, 0.1) is 37.0 Å². The van der Waals surface area contributed by atoms with Crippen molar-refractivity contribution in [3.05, 3.63) is 59.2 Å². The number of ether oxygens (including phenoxy) is 1. The predicted molar refractivity (Wildman–Crippen MR) is 129 cm³/mol. The second kappa shape index (κ2) is 8.52. The Morgan fingerprint density at radius 2 is 1.53 bits per heavy atom. The molecule has 1 N–H and O–H groups in total. The van der Waals surface area contributed by atoms with Crippen LogP contribution in [-0.2, 0) is 19.6 Å². The van der Waals surface area contributed by atoms with Crippen molar-refractivity contribution in [3.8, 4) is 0 Å². The van der Waals surface area contributed by atoms with Gasteiger partial charge in [-0.3, -0.25) is 9.52 Å². The highest BCUT2D eigenvalue weighted by Crippen LogP contribution is 2.60. The maximum Gasteiger partial charge on any atom is 0.338 e. The van der Waals surface area contributed by atoms with E-state index in [0.717, 1.165) is 24.8 Å². The molecule has 34 heavy (non-hydrogen) atoms. The van der Waals surface area contributed by atoms with Crippen molar-refractivity contribution in [3.63, 3.8) is 0 Å². The molecule has 6 nitrogen and oxygen atoms in total. The third-order valence-corrected chi connectivity index (χ3v) is 9.49. The number of carbonyl (C=O) groups excluding carboxylic acids is 2. The van der Waals surface area contributed by atoms with Crippen LogP contribution in [0.2, 0.25) is 0 Å². The van der Waals surface area contributed by atoms with Gasteiger partial charge in [0.1, 0.15) is 0 Å². The van der Waals surface area contributed by atoms with Gasteiger partial charge < -0.3 is 4.74 Å². The first kappa shape index (κ1) is 23.1. The first-order valence-corrected chi connectivity index (χ1v) is 13.5. The lowest BCUT2D eigenvalue weighted by molar-refractivity contribution is -0.147. The molecule has 4 aliphatic carbocycles. The third kappa shape index (κ3) is 4.38. The Bertz CT molecular complexity index is 1200. The molecule has 4 aliphatic rings. The zero-order chi connectivity index (χ0) is 24.1. The molecule has 4 saturated carbocycles. The molecule has 0 radical (unpaired) electrons. The lowest BCUT2D eigenvalue weighted by Crippen LogP contribution is -2.51. The van der Waals surface area contributed by atoms with Crippen molar-refractivity contribution in [1.29, 1.82) is 0 Å². The first-order valence-electron chi connectivity index (χ1n) is 12.0. The summed E-state index contributed by atoms with van der Waals surface area (Å²) >= 11 is 0. The number of anilines is 1. The number of Topliss-reactive ketones (excluding diaryl/α,β-unsaturated/α-hetero) is 1. The molecular weight excluding hydrogens is 450 g/mol. The summed E-state index contributed by atoms with van der Waals surface area (Å²) in [5.41, 5.74) is 1.86. The smallest absolute Gasteiger partial charge is 0.338 e. The molecular formula is C27H31NO5S. The molecule has 0 heterocycles. The summed E-state index contributed by atoms with van der Waals surface area (Å²) in [6.07, 6.45) is 6.61. The van der Waals surface area contributed by atoms with E-state index in [2.05, 4.69) is 4.72 Å². The minimum atomic E-state index is -3.75. The van der Waals surface area contributed by atoms with Gasteiger partial charge in [-0.25, -0.2) is 13.2 Å². The van der Waals surface area contributed by atoms with E-state index in [9.17, 15) is 18.0 Å². The highest BCUT2D eigenvalue weighted by atomic mass is 32.2. The third-order valence-electron chi connectivity index (χ3n) is 7.97. The van der Waals surface area contributed by atoms with Gasteiger partial charge in [0.15, 0.2) is 12.4 Å². The molecule has 7 heteroatoms. The number of hydrogen-bond donors (Lipinski definition) is 1. The van der Waals surface area contributed by atoms with E-state index in [1.54, 1.807) is 19.1 Å². The van der Waals surface area contributed by atoms with Crippen LogP contribution in [0.15, 0.2) is 47.4 Å². The van der Waals surface area contributed by atoms with Crippen LogP contribution in [0.5, 0.6) is 0 Å². The zero-order valence-electron chi connectivity index (χ0n) is 19.7. The van der Waals surface area contributed by atoms with Crippen molar-refractivity contribution in [2.45, 2.75) is 57.3 Å². The quantitative estimate of drug-likeness (QED) is 0.559. The molecule has 2 aromatic rings. The fourth-order valence-electron chi connectivity index (χ4n) is 6.70. The van der Waals surface area contributed by atoms with Crippen molar-refractivity contribution in [2.24, 2.45) is 23.2 Å². The maximum absolute atomic E-state index is 13.1. The maximum atomic E-state index is 13.1. The minimum Gasteiger partial charge on any atom is -0.454 e. The summed E-state index contributed by atoms with van der Waals surface area (Å²) in [6.45, 7) is 3.40. The number of nitrogens with one attached hydrogen (secondary N) is 1. The minimum absolute atomic E-state index is 0.0675. The second-order valence-electron chi connectivity index (χ2n) is 10.6. The monoisotopic (exact) mass is 481 g/mol. The molecule has 0 aliphatic heterocycles. The van der Waals surface area contributed by atoms with Gasteiger partial charge in [0.25, 0.3) is 10.0 Å². The van der Waals surface area contributed by atoms with Gasteiger partial charge in [0, 0.05) is 11.1 Å². The molecule has 4 bridgehead atoms. The molecule has 0 aromatic heterocycles. The van der Waals surface area contributed by atoms with E-state index in [4.69, 9.17) is 4.74 Å². The Hall–Kier alpha value is -2.67. The molecule has 2 aromatic carbocycles. The van der Waals surface area contributed by atoms with Crippen LogP contribution in [-0.4, -0.2) is 26.8 Å². The number of aryl methyl sites for hydroxylation is 2. The Labute approximate surface area is 201 Å². The van der Waals surface area contributed by atoms with Gasteiger partial charge in [-0.15, -0.1) is 0 Å². The van der Waals surface area contributed by atoms with Gasteiger partial charge in [-0.1, -0.05) is 12.1 Å². The van der Waals surface area contributed by atoms with Gasteiger partial charge in [-0.2, -0.15) is 0 Å². The largest absolute Gasteiger partial charge is 0.454 e. The highest BCUT2D eigenvalue weighted by Gasteiger charge is 2.54. The van der Waals surface area contributed by atoms with Crippen molar-refractivity contribution in [1.82, 2.24) is 0 Å². The van der Waals surface area contributed by atoms with Crippen LogP contribution >= 0.6 is 0 Å². The van der Waals surface area contributed by atoms with E-state index < -0.39 is 16.0 Å². The van der Waals surface area contributed by atoms with Gasteiger partial charge in [0.05, 0.1) is 10.5 Å². The summed E-state index contributed by atoms with van der Waals surface area (Å²) in [6, 6.07) is 11.3. The Morgan fingerprint density at radius 3 is 2.12 bits per heavy atom. The Balaban J connectivity index is 1.20. The Kier molecular flexibility index (Phi) is 5.79.